The number of nitrogens with zero attached hydrogens (tertiary/aromatic N) is 3. The molecule has 8 nitrogen and oxygen atoms in total. The summed E-state index contributed by atoms with van der Waals surface area (Å²) in [6, 6.07) is 9.60. The van der Waals surface area contributed by atoms with Gasteiger partial charge < -0.3 is 24.8 Å². The standard InChI is InChI=1S/C20H23N5O3/c1-12-7-6-8-15(13(12)2)23-20-24-18(11-21-25-20)22-14-9-16(26-3)19(28-5)17(10-14)27-4/h6-11H,1-5H3,(H2,22,23,24,25). The van der Waals surface area contributed by atoms with E-state index >= 15 is 0 Å². The number of benzene rings is 2. The van der Waals surface area contributed by atoms with E-state index < -0.39 is 0 Å². The zero-order valence-electron chi connectivity index (χ0n) is 16.5. The van der Waals surface area contributed by atoms with Crippen LogP contribution in [0.2, 0.25) is 0 Å². The summed E-state index contributed by atoms with van der Waals surface area (Å²) >= 11 is 0. The molecule has 0 saturated heterocycles. The first kappa shape index (κ1) is 19.2. The summed E-state index contributed by atoms with van der Waals surface area (Å²) in [5.74, 6) is 2.53. The second kappa shape index (κ2) is 8.43. The molecule has 2 N–H and O–H groups in total. The van der Waals surface area contributed by atoms with Crippen LogP contribution >= 0.6 is 0 Å². The van der Waals surface area contributed by atoms with Gasteiger partial charge in [0.2, 0.25) is 11.7 Å². The van der Waals surface area contributed by atoms with E-state index in [2.05, 4.69) is 38.8 Å². The third kappa shape index (κ3) is 4.06. The molecule has 8 heteroatoms. The molecule has 0 aliphatic heterocycles. The Balaban J connectivity index is 1.86. The van der Waals surface area contributed by atoms with Crippen molar-refractivity contribution in [3.8, 4) is 17.2 Å². The van der Waals surface area contributed by atoms with Crippen molar-refractivity contribution in [1.29, 1.82) is 0 Å². The highest BCUT2D eigenvalue weighted by Crippen LogP contribution is 2.40. The number of anilines is 4. The lowest BCUT2D eigenvalue weighted by Gasteiger charge is -2.15. The van der Waals surface area contributed by atoms with Gasteiger partial charge >= 0.3 is 0 Å². The van der Waals surface area contributed by atoms with Gasteiger partial charge in [0.05, 0.1) is 27.5 Å². The Labute approximate surface area is 163 Å². The van der Waals surface area contributed by atoms with E-state index in [1.165, 1.54) is 11.8 Å². The Bertz CT molecular complexity index is 953. The minimum atomic E-state index is 0.395. The molecule has 0 radical (unpaired) electrons. The van der Waals surface area contributed by atoms with E-state index in [1.54, 1.807) is 33.5 Å². The van der Waals surface area contributed by atoms with Crippen molar-refractivity contribution >= 4 is 23.1 Å². The first-order chi connectivity index (χ1) is 13.5. The molecule has 0 spiro atoms. The van der Waals surface area contributed by atoms with Crippen molar-refractivity contribution in [3.63, 3.8) is 0 Å². The molecule has 0 unspecified atom stereocenters. The summed E-state index contributed by atoms with van der Waals surface area (Å²) in [5, 5.41) is 14.5. The van der Waals surface area contributed by atoms with Gasteiger partial charge in [-0.2, -0.15) is 10.1 Å². The fourth-order valence-electron chi connectivity index (χ4n) is 2.72. The average Bonchev–Trinajstić information content (AvgIpc) is 2.71. The molecule has 0 saturated carbocycles. The molecule has 2 aromatic carbocycles. The van der Waals surface area contributed by atoms with Gasteiger partial charge in [-0.3, -0.25) is 0 Å². The number of nitrogens with one attached hydrogen (secondary N) is 2. The van der Waals surface area contributed by atoms with Crippen LogP contribution in [-0.4, -0.2) is 36.5 Å². The summed E-state index contributed by atoms with van der Waals surface area (Å²) in [6.07, 6.45) is 1.54. The maximum Gasteiger partial charge on any atom is 0.249 e. The number of aryl methyl sites for hydroxylation is 1. The van der Waals surface area contributed by atoms with Crippen LogP contribution in [0.1, 0.15) is 11.1 Å². The predicted octanol–water partition coefficient (Wildman–Crippen LogP) is 4.00. The molecule has 0 aliphatic rings. The molecule has 0 fully saturated rings. The van der Waals surface area contributed by atoms with Gasteiger partial charge in [0.1, 0.15) is 0 Å². The molecule has 0 aliphatic carbocycles. The zero-order chi connectivity index (χ0) is 20.1. The smallest absolute Gasteiger partial charge is 0.249 e. The monoisotopic (exact) mass is 381 g/mol. The lowest BCUT2D eigenvalue weighted by molar-refractivity contribution is 0.324. The third-order valence-electron chi connectivity index (χ3n) is 4.35. The van der Waals surface area contributed by atoms with E-state index in [-0.39, 0.29) is 0 Å². The van der Waals surface area contributed by atoms with Crippen LogP contribution in [0.25, 0.3) is 0 Å². The lowest BCUT2D eigenvalue weighted by Crippen LogP contribution is -2.04. The fourth-order valence-corrected chi connectivity index (χ4v) is 2.72. The van der Waals surface area contributed by atoms with Crippen LogP contribution < -0.4 is 24.8 Å². The molecule has 3 aromatic rings. The molecule has 0 amide bonds. The maximum atomic E-state index is 5.38. The van der Waals surface area contributed by atoms with Gasteiger partial charge in [0.15, 0.2) is 17.3 Å². The molecule has 0 atom stereocenters. The fraction of sp³-hybridized carbons (Fsp3) is 0.250. The highest BCUT2D eigenvalue weighted by Gasteiger charge is 2.14. The van der Waals surface area contributed by atoms with Crippen molar-refractivity contribution in [2.24, 2.45) is 0 Å². The summed E-state index contributed by atoms with van der Waals surface area (Å²) in [4.78, 5) is 4.48. The Hall–Kier alpha value is -3.55. The van der Waals surface area contributed by atoms with Crippen molar-refractivity contribution < 1.29 is 14.2 Å². The minimum Gasteiger partial charge on any atom is -0.493 e. The van der Waals surface area contributed by atoms with E-state index in [0.29, 0.717) is 34.7 Å². The van der Waals surface area contributed by atoms with Gasteiger partial charge in [-0.05, 0) is 31.0 Å². The van der Waals surface area contributed by atoms with Crippen LogP contribution in [0.4, 0.5) is 23.1 Å². The van der Waals surface area contributed by atoms with Gasteiger partial charge in [0, 0.05) is 23.5 Å². The summed E-state index contributed by atoms with van der Waals surface area (Å²) in [7, 11) is 4.70. The molecule has 3 rings (SSSR count). The number of hydrogen-bond donors (Lipinski definition) is 2. The van der Waals surface area contributed by atoms with Crippen LogP contribution in [0.5, 0.6) is 17.2 Å². The predicted molar refractivity (Wildman–Crippen MR) is 108 cm³/mol. The molecule has 1 aromatic heterocycles. The highest BCUT2D eigenvalue weighted by atomic mass is 16.5. The van der Waals surface area contributed by atoms with Crippen LogP contribution in [0.15, 0.2) is 36.5 Å². The summed E-state index contributed by atoms with van der Waals surface area (Å²) < 4.78 is 16.1. The van der Waals surface area contributed by atoms with Crippen molar-refractivity contribution in [2.75, 3.05) is 32.0 Å². The summed E-state index contributed by atoms with van der Waals surface area (Å²) in [6.45, 7) is 4.10. The molecular weight excluding hydrogens is 358 g/mol. The summed E-state index contributed by atoms with van der Waals surface area (Å²) in [5.41, 5.74) is 3.97. The average molecular weight is 381 g/mol. The highest BCUT2D eigenvalue weighted by molar-refractivity contribution is 5.67. The number of aromatic nitrogens is 3. The van der Waals surface area contributed by atoms with E-state index in [1.807, 2.05) is 19.1 Å². The Morgan fingerprint density at radius 1 is 0.893 bits per heavy atom. The maximum absolute atomic E-state index is 5.38. The molecule has 0 bridgehead atoms. The second-order valence-electron chi connectivity index (χ2n) is 6.08. The van der Waals surface area contributed by atoms with Crippen molar-refractivity contribution in [2.45, 2.75) is 13.8 Å². The van der Waals surface area contributed by atoms with Gasteiger partial charge in [0.25, 0.3) is 0 Å². The lowest BCUT2D eigenvalue weighted by atomic mass is 10.1. The van der Waals surface area contributed by atoms with Gasteiger partial charge in [-0.15, -0.1) is 5.10 Å². The van der Waals surface area contributed by atoms with E-state index in [9.17, 15) is 0 Å². The van der Waals surface area contributed by atoms with Crippen LogP contribution in [-0.2, 0) is 0 Å². The van der Waals surface area contributed by atoms with E-state index in [4.69, 9.17) is 14.2 Å². The molecular formula is C20H23N5O3. The quantitative estimate of drug-likeness (QED) is 0.635. The van der Waals surface area contributed by atoms with Crippen molar-refractivity contribution in [3.05, 3.63) is 47.7 Å². The van der Waals surface area contributed by atoms with Crippen LogP contribution in [0.3, 0.4) is 0 Å². The SMILES string of the molecule is COc1cc(Nc2cnnc(Nc3cccc(C)c3C)n2)cc(OC)c1OC. The number of methoxy groups -OCH3 is 3. The zero-order valence-corrected chi connectivity index (χ0v) is 16.5. The molecule has 28 heavy (non-hydrogen) atoms. The molecule has 146 valence electrons. The largest absolute Gasteiger partial charge is 0.493 e. The number of ether oxygens (including phenoxy) is 3. The van der Waals surface area contributed by atoms with E-state index in [0.717, 1.165) is 11.3 Å². The third-order valence-corrected chi connectivity index (χ3v) is 4.35. The van der Waals surface area contributed by atoms with Crippen LogP contribution in [0, 0.1) is 13.8 Å². The Morgan fingerprint density at radius 3 is 2.25 bits per heavy atom. The Kier molecular flexibility index (Phi) is 5.78. The first-order valence-corrected chi connectivity index (χ1v) is 8.65. The number of rotatable bonds is 7. The number of hydrogen-bond acceptors (Lipinski definition) is 8. The topological polar surface area (TPSA) is 90.4 Å². The first-order valence-electron chi connectivity index (χ1n) is 8.65. The molecule has 1 heterocycles. The minimum absolute atomic E-state index is 0.395. The van der Waals surface area contributed by atoms with Gasteiger partial charge in [-0.1, -0.05) is 12.1 Å². The van der Waals surface area contributed by atoms with Gasteiger partial charge in [-0.25, -0.2) is 0 Å². The van der Waals surface area contributed by atoms with Crippen molar-refractivity contribution in [1.82, 2.24) is 15.2 Å². The Morgan fingerprint density at radius 2 is 1.61 bits per heavy atom. The second-order valence-corrected chi connectivity index (χ2v) is 6.08. The normalized spacial score (nSPS) is 10.3.